The third-order valence-electron chi connectivity index (χ3n) is 4.89. The molecule has 27 heavy (non-hydrogen) atoms. The molecule has 1 aliphatic rings. The number of piperazine rings is 1. The number of rotatable bonds is 8. The fourth-order valence-electron chi connectivity index (χ4n) is 3.29. The van der Waals surface area contributed by atoms with E-state index in [9.17, 15) is 8.42 Å². The van der Waals surface area contributed by atoms with Gasteiger partial charge in [0.1, 0.15) is 5.75 Å². The molecule has 1 atom stereocenters. The molecule has 1 unspecified atom stereocenters. The Morgan fingerprint density at radius 1 is 1.22 bits per heavy atom. The summed E-state index contributed by atoms with van der Waals surface area (Å²) in [6.07, 6.45) is 0. The third-order valence-corrected chi connectivity index (χ3v) is 6.92. The van der Waals surface area contributed by atoms with Crippen molar-refractivity contribution in [1.82, 2.24) is 14.5 Å². The second-order valence-corrected chi connectivity index (χ2v) is 9.46. The molecule has 1 aliphatic heterocycles. The molecule has 0 radical (unpaired) electrons. The van der Waals surface area contributed by atoms with Crippen LogP contribution in [0.25, 0.3) is 0 Å². The molecule has 3 rings (SSSR count). The number of likely N-dealkylation sites (N-methyl/N-ethyl adjacent to an activating group) is 1. The lowest BCUT2D eigenvalue weighted by Gasteiger charge is -2.37. The van der Waals surface area contributed by atoms with Gasteiger partial charge in [-0.25, -0.2) is 13.1 Å². The van der Waals surface area contributed by atoms with Crippen molar-refractivity contribution < 1.29 is 13.2 Å². The molecule has 1 aromatic heterocycles. The maximum Gasteiger partial charge on any atom is 0.215 e. The minimum atomic E-state index is -3.43. The Morgan fingerprint density at radius 3 is 2.67 bits per heavy atom. The van der Waals surface area contributed by atoms with Crippen LogP contribution >= 0.6 is 11.3 Å². The molecule has 1 saturated heterocycles. The minimum absolute atomic E-state index is 0.0523. The summed E-state index contributed by atoms with van der Waals surface area (Å²) in [5.41, 5.74) is 1.89. The summed E-state index contributed by atoms with van der Waals surface area (Å²) in [5.74, 6) is 0.611. The van der Waals surface area contributed by atoms with E-state index in [0.717, 1.165) is 26.2 Å². The molecule has 0 saturated carbocycles. The van der Waals surface area contributed by atoms with Gasteiger partial charge < -0.3 is 9.64 Å². The highest BCUT2D eigenvalue weighted by Gasteiger charge is 2.25. The van der Waals surface area contributed by atoms with Crippen LogP contribution in [0.5, 0.6) is 5.75 Å². The topological polar surface area (TPSA) is 61.9 Å². The Balaban J connectivity index is 1.66. The molecule has 8 heteroatoms. The number of sulfonamides is 1. The molecule has 1 N–H and O–H groups in total. The van der Waals surface area contributed by atoms with Crippen LogP contribution in [-0.4, -0.2) is 65.1 Å². The van der Waals surface area contributed by atoms with Gasteiger partial charge in [-0.3, -0.25) is 4.90 Å². The van der Waals surface area contributed by atoms with Crippen molar-refractivity contribution in [2.45, 2.75) is 11.8 Å². The van der Waals surface area contributed by atoms with E-state index in [1.807, 2.05) is 17.5 Å². The first-order valence-corrected chi connectivity index (χ1v) is 11.6. The number of nitrogens with zero attached hydrogens (tertiary/aromatic N) is 2. The van der Waals surface area contributed by atoms with Gasteiger partial charge in [0.25, 0.3) is 0 Å². The minimum Gasteiger partial charge on any atom is -0.497 e. The van der Waals surface area contributed by atoms with E-state index in [1.165, 1.54) is 5.56 Å². The van der Waals surface area contributed by atoms with Crippen molar-refractivity contribution in [1.29, 1.82) is 0 Å². The summed E-state index contributed by atoms with van der Waals surface area (Å²) in [4.78, 5) is 4.67. The number of hydrogen-bond acceptors (Lipinski definition) is 6. The molecule has 0 amide bonds. The highest BCUT2D eigenvalue weighted by Crippen LogP contribution is 2.24. The number of methoxy groups -OCH3 is 1. The van der Waals surface area contributed by atoms with E-state index in [1.54, 1.807) is 30.6 Å². The van der Waals surface area contributed by atoms with Crippen LogP contribution in [-0.2, 0) is 15.8 Å². The van der Waals surface area contributed by atoms with Crippen molar-refractivity contribution in [3.8, 4) is 5.75 Å². The Labute approximate surface area is 165 Å². The van der Waals surface area contributed by atoms with E-state index >= 15 is 0 Å². The quantitative estimate of drug-likeness (QED) is 0.724. The smallest absolute Gasteiger partial charge is 0.215 e. The fourth-order valence-corrected chi connectivity index (χ4v) is 5.13. The molecule has 148 valence electrons. The standard InChI is InChI=1S/C19H27N3O3S2/c1-21-7-9-22(10-8-21)19(17-6-11-26-14-17)13-20-27(23,24)15-16-4-3-5-18(12-16)25-2/h3-6,11-12,14,19-20H,7-10,13,15H2,1-2H3. The van der Waals surface area contributed by atoms with Crippen LogP contribution in [0.3, 0.4) is 0 Å². The maximum atomic E-state index is 12.6. The SMILES string of the molecule is COc1cccc(CS(=O)(=O)NCC(c2ccsc2)N2CCN(C)CC2)c1. The van der Waals surface area contributed by atoms with Gasteiger partial charge in [-0.1, -0.05) is 12.1 Å². The third kappa shape index (κ3) is 5.76. The summed E-state index contributed by atoms with van der Waals surface area (Å²) in [7, 11) is 0.261. The molecular formula is C19H27N3O3S2. The van der Waals surface area contributed by atoms with Gasteiger partial charge >= 0.3 is 0 Å². The molecular weight excluding hydrogens is 382 g/mol. The van der Waals surface area contributed by atoms with Gasteiger partial charge in [0.15, 0.2) is 0 Å². The molecule has 1 fully saturated rings. The number of hydrogen-bond donors (Lipinski definition) is 1. The average molecular weight is 410 g/mol. The molecule has 0 aliphatic carbocycles. The van der Waals surface area contributed by atoms with Gasteiger partial charge in [0, 0.05) is 38.8 Å². The van der Waals surface area contributed by atoms with Crippen LogP contribution in [0.2, 0.25) is 0 Å². The van der Waals surface area contributed by atoms with Gasteiger partial charge in [0.05, 0.1) is 12.9 Å². The summed E-state index contributed by atoms with van der Waals surface area (Å²) in [6.45, 7) is 4.25. The van der Waals surface area contributed by atoms with E-state index in [0.29, 0.717) is 17.9 Å². The highest BCUT2D eigenvalue weighted by molar-refractivity contribution is 7.88. The first-order valence-electron chi connectivity index (χ1n) is 9.02. The normalized spacial score (nSPS) is 17.7. The zero-order chi connectivity index (χ0) is 19.3. The van der Waals surface area contributed by atoms with E-state index in [2.05, 4.69) is 33.0 Å². The second-order valence-electron chi connectivity index (χ2n) is 6.87. The summed E-state index contributed by atoms with van der Waals surface area (Å²) < 4.78 is 33.3. The van der Waals surface area contributed by atoms with Crippen molar-refractivity contribution in [2.24, 2.45) is 0 Å². The number of nitrogens with one attached hydrogen (secondary N) is 1. The number of thiophene rings is 1. The van der Waals surface area contributed by atoms with Crippen LogP contribution in [0.1, 0.15) is 17.2 Å². The van der Waals surface area contributed by atoms with Crippen molar-refractivity contribution >= 4 is 21.4 Å². The average Bonchev–Trinajstić information content (AvgIpc) is 3.17. The summed E-state index contributed by atoms with van der Waals surface area (Å²) in [6, 6.07) is 9.33. The van der Waals surface area contributed by atoms with Crippen LogP contribution in [0, 0.1) is 0 Å². The van der Waals surface area contributed by atoms with Crippen LogP contribution in [0.15, 0.2) is 41.1 Å². The number of ether oxygens (including phenoxy) is 1. The van der Waals surface area contributed by atoms with E-state index in [4.69, 9.17) is 4.74 Å². The van der Waals surface area contributed by atoms with Gasteiger partial charge in [-0.15, -0.1) is 0 Å². The highest BCUT2D eigenvalue weighted by atomic mass is 32.2. The van der Waals surface area contributed by atoms with Gasteiger partial charge in [0.2, 0.25) is 10.0 Å². The van der Waals surface area contributed by atoms with Gasteiger partial charge in [-0.05, 0) is 47.1 Å². The van der Waals surface area contributed by atoms with E-state index < -0.39 is 10.0 Å². The molecule has 2 heterocycles. The van der Waals surface area contributed by atoms with Gasteiger partial charge in [-0.2, -0.15) is 11.3 Å². The van der Waals surface area contributed by atoms with E-state index in [-0.39, 0.29) is 11.8 Å². The summed E-state index contributed by atoms with van der Waals surface area (Å²) in [5, 5.41) is 4.16. The zero-order valence-corrected chi connectivity index (χ0v) is 17.4. The Bertz CT molecular complexity index is 816. The lowest BCUT2D eigenvalue weighted by molar-refractivity contribution is 0.113. The Morgan fingerprint density at radius 2 is 2.00 bits per heavy atom. The lowest BCUT2D eigenvalue weighted by Crippen LogP contribution is -2.48. The lowest BCUT2D eigenvalue weighted by atomic mass is 10.1. The maximum absolute atomic E-state index is 12.6. The largest absolute Gasteiger partial charge is 0.497 e. The Kier molecular flexibility index (Phi) is 6.88. The molecule has 6 nitrogen and oxygen atoms in total. The van der Waals surface area contributed by atoms with Crippen molar-refractivity contribution in [3.63, 3.8) is 0 Å². The zero-order valence-electron chi connectivity index (χ0n) is 15.8. The molecule has 0 bridgehead atoms. The first kappa shape index (κ1) is 20.3. The first-order chi connectivity index (χ1) is 13.0. The van der Waals surface area contributed by atoms with Crippen molar-refractivity contribution in [2.75, 3.05) is 46.9 Å². The molecule has 2 aromatic rings. The fraction of sp³-hybridized carbons (Fsp3) is 0.474. The molecule has 1 aromatic carbocycles. The Hall–Kier alpha value is -1.45. The predicted molar refractivity (Wildman–Crippen MR) is 110 cm³/mol. The van der Waals surface area contributed by atoms with Crippen LogP contribution in [0.4, 0.5) is 0 Å². The monoisotopic (exact) mass is 409 g/mol. The second kappa shape index (κ2) is 9.16. The predicted octanol–water partition coefficient (Wildman–Crippen LogP) is 2.16. The number of benzene rings is 1. The van der Waals surface area contributed by atoms with Crippen molar-refractivity contribution in [3.05, 3.63) is 52.2 Å². The van der Waals surface area contributed by atoms with Crippen LogP contribution < -0.4 is 9.46 Å². The summed E-state index contributed by atoms with van der Waals surface area (Å²) >= 11 is 1.64. The molecule has 0 spiro atoms.